The average molecular weight is 514 g/mol. The molecule has 1 unspecified atom stereocenters. The molecule has 1 fully saturated rings. The van der Waals surface area contributed by atoms with E-state index in [9.17, 15) is 0 Å². The molecule has 2 aromatic rings. The lowest BCUT2D eigenvalue weighted by atomic mass is 10.1. The van der Waals surface area contributed by atoms with E-state index in [1.165, 1.54) is 18.4 Å². The summed E-state index contributed by atoms with van der Waals surface area (Å²) in [6.07, 6.45) is 4.31. The summed E-state index contributed by atoms with van der Waals surface area (Å²) in [5.41, 5.74) is 2.21. The summed E-state index contributed by atoms with van der Waals surface area (Å²) >= 11 is 6.24. The zero-order valence-corrected chi connectivity index (χ0v) is 19.4. The molecule has 152 valence electrons. The molecule has 1 aliphatic heterocycles. The summed E-state index contributed by atoms with van der Waals surface area (Å²) in [5, 5.41) is 7.63. The minimum Gasteiger partial charge on any atom is -0.357 e. The number of likely N-dealkylation sites (tertiary alicyclic amines) is 1. The Bertz CT molecular complexity index is 735. The highest BCUT2D eigenvalue weighted by Gasteiger charge is 2.23. The highest BCUT2D eigenvalue weighted by Crippen LogP contribution is 2.26. The number of pyridine rings is 1. The van der Waals surface area contributed by atoms with Crippen LogP contribution in [0.15, 0.2) is 53.7 Å². The predicted molar refractivity (Wildman–Crippen MR) is 127 cm³/mol. The molecule has 7 heteroatoms. The van der Waals surface area contributed by atoms with E-state index in [1.807, 2.05) is 30.3 Å². The summed E-state index contributed by atoms with van der Waals surface area (Å²) in [6, 6.07) is 14.4. The maximum absolute atomic E-state index is 6.24. The van der Waals surface area contributed by atoms with Crippen molar-refractivity contribution in [2.75, 3.05) is 26.2 Å². The van der Waals surface area contributed by atoms with Crippen molar-refractivity contribution < 1.29 is 0 Å². The number of nitrogens with one attached hydrogen (secondary N) is 2. The average Bonchev–Trinajstić information content (AvgIpc) is 3.21. The molecule has 0 bridgehead atoms. The van der Waals surface area contributed by atoms with Gasteiger partial charge in [-0.25, -0.2) is 4.99 Å². The molecule has 28 heavy (non-hydrogen) atoms. The first-order chi connectivity index (χ1) is 13.3. The van der Waals surface area contributed by atoms with Crippen molar-refractivity contribution in [2.45, 2.75) is 32.4 Å². The molecule has 1 atom stereocenters. The molecule has 2 N–H and O–H groups in total. The van der Waals surface area contributed by atoms with Crippen LogP contribution in [-0.2, 0) is 6.54 Å². The van der Waals surface area contributed by atoms with Gasteiger partial charge in [-0.3, -0.25) is 9.88 Å². The Labute approximate surface area is 190 Å². The Morgan fingerprint density at radius 2 is 2.00 bits per heavy atom. The molecule has 0 radical (unpaired) electrons. The molecular formula is C21H29ClIN5. The normalized spacial score (nSPS) is 15.7. The highest BCUT2D eigenvalue weighted by atomic mass is 127. The van der Waals surface area contributed by atoms with Crippen LogP contribution < -0.4 is 10.6 Å². The molecule has 5 nitrogen and oxygen atoms in total. The van der Waals surface area contributed by atoms with Crippen LogP contribution in [0.1, 0.15) is 37.1 Å². The summed E-state index contributed by atoms with van der Waals surface area (Å²) in [7, 11) is 0. The van der Waals surface area contributed by atoms with Crippen LogP contribution in [0.4, 0.5) is 0 Å². The second kappa shape index (κ2) is 12.2. The molecule has 0 aliphatic carbocycles. The van der Waals surface area contributed by atoms with Gasteiger partial charge in [0, 0.05) is 24.3 Å². The number of hydrogen-bond acceptors (Lipinski definition) is 3. The minimum atomic E-state index is 0. The minimum absolute atomic E-state index is 0. The molecule has 1 aliphatic rings. The number of aromatic nitrogens is 1. The van der Waals surface area contributed by atoms with E-state index in [0.29, 0.717) is 6.54 Å². The van der Waals surface area contributed by atoms with Crippen molar-refractivity contribution in [3.63, 3.8) is 0 Å². The zero-order valence-electron chi connectivity index (χ0n) is 16.3. The van der Waals surface area contributed by atoms with Crippen molar-refractivity contribution in [3.8, 4) is 0 Å². The van der Waals surface area contributed by atoms with Crippen molar-refractivity contribution in [2.24, 2.45) is 4.99 Å². The van der Waals surface area contributed by atoms with Crippen LogP contribution in [0.2, 0.25) is 5.02 Å². The first-order valence-electron chi connectivity index (χ1n) is 9.68. The third-order valence-corrected chi connectivity index (χ3v) is 4.98. The van der Waals surface area contributed by atoms with E-state index in [4.69, 9.17) is 11.6 Å². The third kappa shape index (κ3) is 6.90. The third-order valence-electron chi connectivity index (χ3n) is 4.75. The fourth-order valence-corrected chi connectivity index (χ4v) is 3.61. The molecule has 0 spiro atoms. The van der Waals surface area contributed by atoms with Crippen molar-refractivity contribution >= 4 is 41.5 Å². The Hall–Kier alpha value is -1.38. The van der Waals surface area contributed by atoms with E-state index in [-0.39, 0.29) is 30.0 Å². The first kappa shape index (κ1) is 22.9. The van der Waals surface area contributed by atoms with E-state index >= 15 is 0 Å². The van der Waals surface area contributed by atoms with Gasteiger partial charge >= 0.3 is 0 Å². The number of guanidine groups is 1. The van der Waals surface area contributed by atoms with Crippen LogP contribution in [-0.4, -0.2) is 42.0 Å². The predicted octanol–water partition coefficient (Wildman–Crippen LogP) is 4.25. The fraction of sp³-hybridized carbons (Fsp3) is 0.429. The molecule has 0 amide bonds. The SMILES string of the molecule is CCNC(=NCc1ccccn1)NCC(c1cccc(Cl)c1)N1CCCC1.I. The number of hydrogen-bond donors (Lipinski definition) is 2. The van der Waals surface area contributed by atoms with Gasteiger partial charge in [0.25, 0.3) is 0 Å². The molecule has 1 aromatic heterocycles. The van der Waals surface area contributed by atoms with Crippen LogP contribution in [0, 0.1) is 0 Å². The lowest BCUT2D eigenvalue weighted by Gasteiger charge is -2.29. The van der Waals surface area contributed by atoms with Gasteiger partial charge in [-0.15, -0.1) is 24.0 Å². The number of aliphatic imine (C=N–C) groups is 1. The second-order valence-corrected chi connectivity index (χ2v) is 7.15. The van der Waals surface area contributed by atoms with Crippen LogP contribution in [0.5, 0.6) is 0 Å². The Morgan fingerprint density at radius 3 is 2.68 bits per heavy atom. The van der Waals surface area contributed by atoms with Gasteiger partial charge in [-0.2, -0.15) is 0 Å². The largest absolute Gasteiger partial charge is 0.357 e. The standard InChI is InChI=1S/C21H28ClN5.HI/c1-2-23-21(25-15-19-10-3-4-11-24-19)26-16-20(27-12-5-6-13-27)17-8-7-9-18(22)14-17;/h3-4,7-11,14,20H,2,5-6,12-13,15-16H2,1H3,(H2,23,25,26);1H. The number of rotatable bonds is 7. The van der Waals surface area contributed by atoms with Crippen LogP contribution in [0.3, 0.4) is 0 Å². The number of halogens is 2. The Kier molecular flexibility index (Phi) is 10.0. The van der Waals surface area contributed by atoms with Gasteiger partial charge in [0.15, 0.2) is 5.96 Å². The van der Waals surface area contributed by atoms with Gasteiger partial charge in [0.2, 0.25) is 0 Å². The van der Waals surface area contributed by atoms with Gasteiger partial charge in [-0.05, 0) is 62.7 Å². The fourth-order valence-electron chi connectivity index (χ4n) is 3.41. The first-order valence-corrected chi connectivity index (χ1v) is 10.1. The van der Waals surface area contributed by atoms with E-state index in [0.717, 1.165) is 42.9 Å². The zero-order chi connectivity index (χ0) is 18.9. The van der Waals surface area contributed by atoms with Crippen LogP contribution in [0.25, 0.3) is 0 Å². The lowest BCUT2D eigenvalue weighted by molar-refractivity contribution is 0.245. The van der Waals surface area contributed by atoms with Gasteiger partial charge < -0.3 is 10.6 Å². The van der Waals surface area contributed by atoms with E-state index in [2.05, 4.69) is 44.6 Å². The molecule has 1 aromatic carbocycles. The van der Waals surface area contributed by atoms with Crippen molar-refractivity contribution in [3.05, 3.63) is 64.9 Å². The number of nitrogens with zero attached hydrogens (tertiary/aromatic N) is 3. The van der Waals surface area contributed by atoms with E-state index < -0.39 is 0 Å². The molecule has 1 saturated heterocycles. The van der Waals surface area contributed by atoms with Crippen molar-refractivity contribution in [1.82, 2.24) is 20.5 Å². The molecule has 2 heterocycles. The van der Waals surface area contributed by atoms with E-state index in [1.54, 1.807) is 6.20 Å². The maximum Gasteiger partial charge on any atom is 0.191 e. The molecule has 0 saturated carbocycles. The monoisotopic (exact) mass is 513 g/mol. The summed E-state index contributed by atoms with van der Waals surface area (Å²) < 4.78 is 0. The maximum atomic E-state index is 6.24. The van der Waals surface area contributed by atoms with Crippen molar-refractivity contribution in [1.29, 1.82) is 0 Å². The topological polar surface area (TPSA) is 52.6 Å². The van der Waals surface area contributed by atoms with Gasteiger partial charge in [-0.1, -0.05) is 29.8 Å². The lowest BCUT2D eigenvalue weighted by Crippen LogP contribution is -2.42. The second-order valence-electron chi connectivity index (χ2n) is 6.71. The van der Waals surface area contributed by atoms with Crippen LogP contribution >= 0.6 is 35.6 Å². The molecule has 3 rings (SSSR count). The highest BCUT2D eigenvalue weighted by molar-refractivity contribution is 14.0. The quantitative estimate of drug-likeness (QED) is 0.330. The summed E-state index contributed by atoms with van der Waals surface area (Å²) in [4.78, 5) is 11.6. The molecular weight excluding hydrogens is 485 g/mol. The summed E-state index contributed by atoms with van der Waals surface area (Å²) in [5.74, 6) is 0.814. The Balaban J connectivity index is 0.00000280. The van der Waals surface area contributed by atoms with Gasteiger partial charge in [0.1, 0.15) is 0 Å². The number of benzene rings is 1. The smallest absolute Gasteiger partial charge is 0.191 e. The van der Waals surface area contributed by atoms with Gasteiger partial charge in [0.05, 0.1) is 18.3 Å². The Morgan fingerprint density at radius 1 is 1.18 bits per heavy atom. The summed E-state index contributed by atoms with van der Waals surface area (Å²) in [6.45, 7) is 6.49.